The first kappa shape index (κ1) is 19.7. The lowest BCUT2D eigenvalue weighted by Crippen LogP contribution is -2.24. The lowest BCUT2D eigenvalue weighted by molar-refractivity contribution is -0.118. The molecule has 3 aromatic rings. The van der Waals surface area contributed by atoms with Gasteiger partial charge in [0.2, 0.25) is 0 Å². The van der Waals surface area contributed by atoms with Crippen molar-refractivity contribution in [3.8, 4) is 5.75 Å². The molecule has 0 unspecified atom stereocenters. The van der Waals surface area contributed by atoms with Crippen molar-refractivity contribution in [1.82, 2.24) is 9.55 Å². The van der Waals surface area contributed by atoms with Crippen molar-refractivity contribution in [2.75, 3.05) is 11.9 Å². The van der Waals surface area contributed by atoms with Crippen molar-refractivity contribution in [2.24, 2.45) is 0 Å². The minimum atomic E-state index is -0.361. The first-order valence-corrected chi connectivity index (χ1v) is 10.2. The molecule has 1 aliphatic rings. The predicted octanol–water partition coefficient (Wildman–Crippen LogP) is 4.45. The number of anilines is 1. The van der Waals surface area contributed by atoms with Crippen LogP contribution in [0.2, 0.25) is 10.0 Å². The number of ether oxygens (including phenoxy) is 1. The average Bonchev–Trinajstić information content (AvgIpc) is 2.91. The van der Waals surface area contributed by atoms with E-state index >= 15 is 0 Å². The fraction of sp³-hybridized carbons (Fsp3) is 0.286. The molecule has 0 spiro atoms. The molecule has 0 saturated heterocycles. The van der Waals surface area contributed by atoms with E-state index in [0.717, 1.165) is 31.5 Å². The van der Waals surface area contributed by atoms with Gasteiger partial charge in [-0.1, -0.05) is 29.6 Å². The first-order valence-electron chi connectivity index (χ1n) is 9.42. The van der Waals surface area contributed by atoms with E-state index in [1.54, 1.807) is 41.0 Å². The number of hydrogen-bond acceptors (Lipinski definition) is 4. The molecule has 4 rings (SSSR count). The molecule has 2 heterocycles. The monoisotopic (exact) mass is 431 g/mol. The average molecular weight is 432 g/mol. The van der Waals surface area contributed by atoms with Crippen molar-refractivity contribution in [3.63, 3.8) is 0 Å². The Morgan fingerprint density at radius 3 is 2.69 bits per heavy atom. The predicted molar refractivity (Wildman–Crippen MR) is 114 cm³/mol. The summed E-state index contributed by atoms with van der Waals surface area (Å²) in [5.74, 6) is 0.915. The number of carbonyl (C=O) groups excluding carboxylic acids is 1. The summed E-state index contributed by atoms with van der Waals surface area (Å²) < 4.78 is 7.34. The number of nitrogens with one attached hydrogen (secondary N) is 1. The van der Waals surface area contributed by atoms with Crippen LogP contribution in [-0.4, -0.2) is 22.1 Å². The molecule has 150 valence electrons. The molecular formula is C21H19Cl2N3O3. The van der Waals surface area contributed by atoms with Crippen LogP contribution < -0.4 is 15.6 Å². The summed E-state index contributed by atoms with van der Waals surface area (Å²) in [6, 6.07) is 9.89. The normalized spacial score (nSPS) is 13.6. The Balaban J connectivity index is 1.50. The molecule has 0 aliphatic carbocycles. The smallest absolute Gasteiger partial charge is 0.262 e. The number of halogens is 2. The van der Waals surface area contributed by atoms with Crippen LogP contribution in [0.15, 0.2) is 41.2 Å². The highest BCUT2D eigenvalue weighted by Crippen LogP contribution is 2.23. The fourth-order valence-corrected chi connectivity index (χ4v) is 3.99. The minimum Gasteiger partial charge on any atom is -0.484 e. The van der Waals surface area contributed by atoms with Crippen LogP contribution >= 0.6 is 23.2 Å². The van der Waals surface area contributed by atoms with E-state index < -0.39 is 0 Å². The highest BCUT2D eigenvalue weighted by molar-refractivity contribution is 6.35. The Morgan fingerprint density at radius 1 is 1.10 bits per heavy atom. The topological polar surface area (TPSA) is 73.2 Å². The number of fused-ring (bicyclic) bond motifs is 2. The molecule has 1 aliphatic heterocycles. The molecule has 29 heavy (non-hydrogen) atoms. The number of rotatable bonds is 4. The first-order chi connectivity index (χ1) is 14.0. The van der Waals surface area contributed by atoms with Gasteiger partial charge in [-0.25, -0.2) is 4.98 Å². The molecule has 0 radical (unpaired) electrons. The maximum absolute atomic E-state index is 12.9. The minimum absolute atomic E-state index is 0.0598. The van der Waals surface area contributed by atoms with Crippen molar-refractivity contribution >= 4 is 45.7 Å². The SMILES string of the molecule is O=C(COc1ccc2nc3n(c(=O)c2c1)CCCCC3)Nc1cc(Cl)cc(Cl)c1. The third kappa shape index (κ3) is 4.54. The molecule has 0 saturated carbocycles. The molecule has 8 heteroatoms. The second-order valence-electron chi connectivity index (χ2n) is 6.97. The van der Waals surface area contributed by atoms with E-state index in [4.69, 9.17) is 27.9 Å². The summed E-state index contributed by atoms with van der Waals surface area (Å²) in [5, 5.41) is 4.03. The number of benzene rings is 2. The second kappa shape index (κ2) is 8.43. The van der Waals surface area contributed by atoms with E-state index in [2.05, 4.69) is 10.3 Å². The summed E-state index contributed by atoms with van der Waals surface area (Å²) in [6.45, 7) is 0.474. The van der Waals surface area contributed by atoms with Gasteiger partial charge in [0.05, 0.1) is 10.9 Å². The Kier molecular flexibility index (Phi) is 5.74. The molecular weight excluding hydrogens is 413 g/mol. The summed E-state index contributed by atoms with van der Waals surface area (Å²) in [4.78, 5) is 29.7. The quantitative estimate of drug-likeness (QED) is 0.662. The molecule has 1 N–H and O–H groups in total. The second-order valence-corrected chi connectivity index (χ2v) is 7.84. The Bertz CT molecular complexity index is 1120. The van der Waals surface area contributed by atoms with Gasteiger partial charge >= 0.3 is 0 Å². The van der Waals surface area contributed by atoms with E-state index in [1.807, 2.05) is 0 Å². The highest BCUT2D eigenvalue weighted by Gasteiger charge is 2.14. The van der Waals surface area contributed by atoms with Crippen LogP contribution in [0.4, 0.5) is 5.69 Å². The number of carbonyl (C=O) groups is 1. The summed E-state index contributed by atoms with van der Waals surface area (Å²) >= 11 is 11.9. The molecule has 0 atom stereocenters. The van der Waals surface area contributed by atoms with Crippen LogP contribution in [0.3, 0.4) is 0 Å². The largest absolute Gasteiger partial charge is 0.484 e. The van der Waals surface area contributed by atoms with Gasteiger partial charge in [-0.3, -0.25) is 14.2 Å². The van der Waals surface area contributed by atoms with Gasteiger partial charge in [-0.2, -0.15) is 0 Å². The van der Waals surface area contributed by atoms with Crippen molar-refractivity contribution in [1.29, 1.82) is 0 Å². The zero-order valence-corrected chi connectivity index (χ0v) is 17.1. The van der Waals surface area contributed by atoms with Gasteiger partial charge in [-0.05, 0) is 49.2 Å². The summed E-state index contributed by atoms with van der Waals surface area (Å²) in [5.41, 5.74) is 1.07. The standard InChI is InChI=1S/C21H19Cl2N3O3/c22-13-8-14(23)10-15(9-13)24-20(27)12-29-16-5-6-18-17(11-16)21(28)26-7-3-1-2-4-19(26)25-18/h5-6,8-11H,1-4,7,12H2,(H,24,27). The Morgan fingerprint density at radius 2 is 1.90 bits per heavy atom. The molecule has 0 bridgehead atoms. The van der Waals surface area contributed by atoms with Crippen LogP contribution in [0, 0.1) is 0 Å². The lowest BCUT2D eigenvalue weighted by Gasteiger charge is -2.12. The lowest BCUT2D eigenvalue weighted by atomic mass is 10.2. The number of amides is 1. The maximum Gasteiger partial charge on any atom is 0.262 e. The maximum atomic E-state index is 12.9. The van der Waals surface area contributed by atoms with E-state index in [-0.39, 0.29) is 18.1 Å². The zero-order chi connectivity index (χ0) is 20.4. The Labute approximate surface area is 177 Å². The Hall–Kier alpha value is -2.57. The third-order valence-electron chi connectivity index (χ3n) is 4.80. The number of aryl methyl sites for hydroxylation is 1. The van der Waals surface area contributed by atoms with Crippen LogP contribution in [0.25, 0.3) is 10.9 Å². The highest BCUT2D eigenvalue weighted by atomic mass is 35.5. The molecule has 0 fully saturated rings. The van der Waals surface area contributed by atoms with Gasteiger partial charge in [0.1, 0.15) is 11.6 Å². The van der Waals surface area contributed by atoms with E-state index in [1.165, 1.54) is 0 Å². The van der Waals surface area contributed by atoms with E-state index in [0.29, 0.717) is 38.9 Å². The van der Waals surface area contributed by atoms with Crippen molar-refractivity contribution in [2.45, 2.75) is 32.2 Å². The molecule has 2 aromatic carbocycles. The van der Waals surface area contributed by atoms with E-state index in [9.17, 15) is 9.59 Å². The number of hydrogen-bond donors (Lipinski definition) is 1. The van der Waals surface area contributed by atoms with Gasteiger partial charge in [0.15, 0.2) is 6.61 Å². The zero-order valence-electron chi connectivity index (χ0n) is 15.6. The van der Waals surface area contributed by atoms with Crippen LogP contribution in [0.1, 0.15) is 25.1 Å². The van der Waals surface area contributed by atoms with Crippen molar-refractivity contribution < 1.29 is 9.53 Å². The third-order valence-corrected chi connectivity index (χ3v) is 5.24. The number of nitrogens with zero attached hydrogens (tertiary/aromatic N) is 2. The van der Waals surface area contributed by atoms with Gasteiger partial charge in [0, 0.05) is 28.7 Å². The van der Waals surface area contributed by atoms with Gasteiger partial charge in [-0.15, -0.1) is 0 Å². The summed E-state index contributed by atoms with van der Waals surface area (Å²) in [6.07, 6.45) is 3.94. The molecule has 6 nitrogen and oxygen atoms in total. The summed E-state index contributed by atoms with van der Waals surface area (Å²) in [7, 11) is 0. The van der Waals surface area contributed by atoms with Crippen LogP contribution in [0.5, 0.6) is 5.75 Å². The van der Waals surface area contributed by atoms with Gasteiger partial charge in [0.25, 0.3) is 11.5 Å². The fourth-order valence-electron chi connectivity index (χ4n) is 3.46. The molecule has 1 aromatic heterocycles. The number of aromatic nitrogens is 2. The van der Waals surface area contributed by atoms with Crippen LogP contribution in [-0.2, 0) is 17.8 Å². The molecule has 1 amide bonds. The van der Waals surface area contributed by atoms with Crippen molar-refractivity contribution in [3.05, 3.63) is 62.6 Å². The van der Waals surface area contributed by atoms with Gasteiger partial charge < -0.3 is 10.1 Å².